The van der Waals surface area contributed by atoms with Gasteiger partial charge in [-0.05, 0) is 6.92 Å². The average Bonchev–Trinajstić information content (AvgIpc) is 2.17. The molecule has 0 fully saturated rings. The lowest BCUT2D eigenvalue weighted by Crippen LogP contribution is -2.03. The summed E-state index contributed by atoms with van der Waals surface area (Å²) in [6.45, 7) is 2.30. The lowest BCUT2D eigenvalue weighted by Gasteiger charge is -1.97. The Bertz CT molecular complexity index is 152. The Kier molecular flexibility index (Phi) is 1.67. The zero-order chi connectivity index (χ0) is 6.69. The molecule has 0 unspecified atom stereocenters. The van der Waals surface area contributed by atoms with Crippen LogP contribution in [0.15, 0.2) is 4.99 Å². The Balaban J connectivity index is 2.42. The number of carbonyl (C=O) groups excluding carboxylic acids is 1. The van der Waals surface area contributed by atoms with Crippen molar-refractivity contribution in [2.75, 3.05) is 13.2 Å². The molecule has 0 radical (unpaired) electrons. The molecule has 0 saturated heterocycles. The Morgan fingerprint density at radius 1 is 1.89 bits per heavy atom. The van der Waals surface area contributed by atoms with Gasteiger partial charge in [-0.25, -0.2) is 0 Å². The highest BCUT2D eigenvalue weighted by Crippen LogP contribution is 1.96. The van der Waals surface area contributed by atoms with Gasteiger partial charge < -0.3 is 9.47 Å². The van der Waals surface area contributed by atoms with Crippen LogP contribution in [-0.2, 0) is 14.3 Å². The summed E-state index contributed by atoms with van der Waals surface area (Å²) in [6.07, 6.45) is 0.0995. The van der Waals surface area contributed by atoms with Crippen LogP contribution < -0.4 is 0 Å². The van der Waals surface area contributed by atoms with Crippen LogP contribution in [0.2, 0.25) is 0 Å². The number of nitrogens with zero attached hydrogens (tertiary/aromatic N) is 1. The van der Waals surface area contributed by atoms with E-state index in [1.165, 1.54) is 0 Å². The number of carbonyl (C=O) groups is 1. The minimum Gasteiger partial charge on any atom is -0.451 e. The number of hydrogen-bond acceptors (Lipinski definition) is 3. The van der Waals surface area contributed by atoms with Gasteiger partial charge in [0.25, 0.3) is 5.91 Å². The Morgan fingerprint density at radius 2 is 2.67 bits per heavy atom. The second-order valence-electron chi connectivity index (χ2n) is 1.49. The van der Waals surface area contributed by atoms with Crippen molar-refractivity contribution in [2.24, 2.45) is 4.99 Å². The normalized spacial score (nSPS) is 17.0. The van der Waals surface area contributed by atoms with E-state index >= 15 is 0 Å². The number of aliphatic imine (C=N–C) groups is 1. The fraction of sp³-hybridized carbons (Fsp3) is 0.600. The van der Waals surface area contributed by atoms with Gasteiger partial charge in [-0.15, -0.1) is 4.99 Å². The second kappa shape index (κ2) is 2.48. The van der Waals surface area contributed by atoms with Gasteiger partial charge in [-0.2, -0.15) is 0 Å². The predicted octanol–water partition coefficient (Wildman–Crippen LogP) is -0.0643. The molecule has 4 nitrogen and oxygen atoms in total. The van der Waals surface area contributed by atoms with Crippen LogP contribution in [0.5, 0.6) is 0 Å². The highest BCUT2D eigenvalue weighted by Gasteiger charge is 2.15. The van der Waals surface area contributed by atoms with Crippen LogP contribution in [0.25, 0.3) is 0 Å². The highest BCUT2D eigenvalue weighted by molar-refractivity contribution is 5.93. The van der Waals surface area contributed by atoms with Crippen molar-refractivity contribution in [3.05, 3.63) is 0 Å². The van der Waals surface area contributed by atoms with Crippen LogP contribution in [0, 0.1) is 0 Å². The fourth-order valence-electron chi connectivity index (χ4n) is 0.487. The fourth-order valence-corrected chi connectivity index (χ4v) is 0.487. The zero-order valence-corrected chi connectivity index (χ0v) is 5.09. The zero-order valence-electron chi connectivity index (χ0n) is 5.09. The summed E-state index contributed by atoms with van der Waals surface area (Å²) in [5, 5.41) is 0. The van der Waals surface area contributed by atoms with Crippen LogP contribution in [0.3, 0.4) is 0 Å². The van der Waals surface area contributed by atoms with Gasteiger partial charge in [0.1, 0.15) is 0 Å². The third kappa shape index (κ3) is 1.42. The monoisotopic (exact) mass is 129 g/mol. The molecule has 1 aliphatic rings. The molecule has 0 saturated carbocycles. The summed E-state index contributed by atoms with van der Waals surface area (Å²) in [6, 6.07) is 0. The molecule has 1 amide bonds. The molecule has 1 aliphatic heterocycles. The van der Waals surface area contributed by atoms with Crippen molar-refractivity contribution in [2.45, 2.75) is 6.92 Å². The van der Waals surface area contributed by atoms with E-state index in [9.17, 15) is 4.79 Å². The van der Waals surface area contributed by atoms with E-state index in [0.717, 1.165) is 0 Å². The average molecular weight is 129 g/mol. The molecule has 1 rings (SSSR count). The lowest BCUT2D eigenvalue weighted by atomic mass is 10.7. The largest absolute Gasteiger partial charge is 0.451 e. The van der Waals surface area contributed by atoms with Crippen LogP contribution >= 0.6 is 0 Å². The smallest absolute Gasteiger partial charge is 0.392 e. The second-order valence-corrected chi connectivity index (χ2v) is 1.49. The molecule has 0 bridgehead atoms. The van der Waals surface area contributed by atoms with Crippen LogP contribution in [-0.4, -0.2) is 25.2 Å². The van der Waals surface area contributed by atoms with E-state index < -0.39 is 0 Å². The standard InChI is InChI=1S/C5H7NO3/c1-2-8-5-6-4(7)3-9-5/h2-3H2,1H3. The topological polar surface area (TPSA) is 47.9 Å². The van der Waals surface area contributed by atoms with Gasteiger partial charge in [0.15, 0.2) is 6.61 Å². The van der Waals surface area contributed by atoms with Crippen molar-refractivity contribution in [1.29, 1.82) is 0 Å². The maximum absolute atomic E-state index is 10.3. The van der Waals surface area contributed by atoms with Gasteiger partial charge in [-0.1, -0.05) is 0 Å². The molecule has 0 spiro atoms. The molecule has 9 heavy (non-hydrogen) atoms. The van der Waals surface area contributed by atoms with Crippen molar-refractivity contribution < 1.29 is 14.3 Å². The number of hydrogen-bond donors (Lipinski definition) is 0. The van der Waals surface area contributed by atoms with Gasteiger partial charge in [0, 0.05) is 0 Å². The number of amides is 1. The van der Waals surface area contributed by atoms with Gasteiger partial charge >= 0.3 is 6.08 Å². The van der Waals surface area contributed by atoms with E-state index in [1.54, 1.807) is 6.92 Å². The maximum Gasteiger partial charge on any atom is 0.392 e. The molecule has 0 aromatic heterocycles. The molecular formula is C5H7NO3. The quantitative estimate of drug-likeness (QED) is 0.498. The number of rotatable bonds is 1. The summed E-state index contributed by atoms with van der Waals surface area (Å²) in [5.74, 6) is -0.279. The summed E-state index contributed by atoms with van der Waals surface area (Å²) in [5.41, 5.74) is 0. The van der Waals surface area contributed by atoms with Gasteiger partial charge in [0.05, 0.1) is 6.61 Å². The maximum atomic E-state index is 10.3. The van der Waals surface area contributed by atoms with Gasteiger partial charge in [-0.3, -0.25) is 4.79 Å². The van der Waals surface area contributed by atoms with E-state index in [2.05, 4.69) is 9.73 Å². The first kappa shape index (κ1) is 6.07. The Labute approximate surface area is 52.5 Å². The minimum atomic E-state index is -0.279. The third-order valence-electron chi connectivity index (χ3n) is 0.803. The SMILES string of the molecule is CCOC1=NC(=O)CO1. The Morgan fingerprint density at radius 3 is 3.11 bits per heavy atom. The summed E-state index contributed by atoms with van der Waals surface area (Å²) in [4.78, 5) is 13.7. The van der Waals surface area contributed by atoms with E-state index in [0.29, 0.717) is 6.61 Å². The third-order valence-corrected chi connectivity index (χ3v) is 0.803. The molecule has 1 heterocycles. The minimum absolute atomic E-state index is 0.0231. The van der Waals surface area contributed by atoms with Crippen molar-refractivity contribution in [1.82, 2.24) is 0 Å². The van der Waals surface area contributed by atoms with Crippen LogP contribution in [0.1, 0.15) is 6.92 Å². The summed E-state index contributed by atoms with van der Waals surface area (Å²) < 4.78 is 9.46. The Hall–Kier alpha value is -1.06. The first-order chi connectivity index (χ1) is 4.33. The van der Waals surface area contributed by atoms with E-state index in [4.69, 9.17) is 4.74 Å². The molecule has 4 heteroatoms. The van der Waals surface area contributed by atoms with Crippen LogP contribution in [0.4, 0.5) is 0 Å². The number of ether oxygens (including phenoxy) is 2. The molecule has 0 N–H and O–H groups in total. The van der Waals surface area contributed by atoms with E-state index in [1.807, 2.05) is 0 Å². The van der Waals surface area contributed by atoms with Crippen molar-refractivity contribution in [3.63, 3.8) is 0 Å². The first-order valence-electron chi connectivity index (χ1n) is 2.70. The lowest BCUT2D eigenvalue weighted by molar-refractivity contribution is -0.118. The molecular weight excluding hydrogens is 122 g/mol. The van der Waals surface area contributed by atoms with Gasteiger partial charge in [0.2, 0.25) is 0 Å². The molecule has 50 valence electrons. The highest BCUT2D eigenvalue weighted by atomic mass is 16.7. The first-order valence-corrected chi connectivity index (χ1v) is 2.70. The molecule has 0 aromatic rings. The summed E-state index contributed by atoms with van der Waals surface area (Å²) >= 11 is 0. The predicted molar refractivity (Wildman–Crippen MR) is 30.0 cm³/mol. The van der Waals surface area contributed by atoms with Crippen molar-refractivity contribution >= 4 is 12.0 Å². The summed E-state index contributed by atoms with van der Waals surface area (Å²) in [7, 11) is 0. The van der Waals surface area contributed by atoms with Crippen molar-refractivity contribution in [3.8, 4) is 0 Å². The van der Waals surface area contributed by atoms with E-state index in [-0.39, 0.29) is 18.6 Å². The molecule has 0 aliphatic carbocycles. The molecule has 0 atom stereocenters. The molecule has 0 aromatic carbocycles.